The second-order valence-corrected chi connectivity index (χ2v) is 8.48. The first-order valence-corrected chi connectivity index (χ1v) is 9.91. The monoisotopic (exact) mass is 317 g/mol. The number of hydrogen-bond acceptors (Lipinski definition) is 3. The van der Waals surface area contributed by atoms with Crippen molar-refractivity contribution >= 4 is 10.2 Å². The molecule has 0 spiro atoms. The SMILES string of the molecule is CCCNCC1CCN(S(=O)(=O)NCC2(CC)CC2)CC1. The molecule has 1 saturated heterocycles. The Bertz CT molecular complexity index is 413. The van der Waals surface area contributed by atoms with Crippen LogP contribution in [0.2, 0.25) is 0 Å². The van der Waals surface area contributed by atoms with Crippen LogP contribution in [0.5, 0.6) is 0 Å². The molecule has 2 aliphatic rings. The maximum atomic E-state index is 12.3. The molecule has 1 saturated carbocycles. The quantitative estimate of drug-likeness (QED) is 0.637. The first kappa shape index (κ1) is 17.2. The van der Waals surface area contributed by atoms with Crippen LogP contribution in [0.3, 0.4) is 0 Å². The lowest BCUT2D eigenvalue weighted by atomic mass is 9.98. The van der Waals surface area contributed by atoms with Crippen molar-refractivity contribution in [3.63, 3.8) is 0 Å². The minimum absolute atomic E-state index is 0.259. The fourth-order valence-electron chi connectivity index (χ4n) is 3.00. The van der Waals surface area contributed by atoms with E-state index < -0.39 is 10.2 Å². The highest BCUT2D eigenvalue weighted by molar-refractivity contribution is 7.87. The Hall–Kier alpha value is -0.170. The largest absolute Gasteiger partial charge is 0.316 e. The predicted molar refractivity (Wildman–Crippen MR) is 86.3 cm³/mol. The molecule has 124 valence electrons. The van der Waals surface area contributed by atoms with Crippen molar-refractivity contribution in [1.29, 1.82) is 0 Å². The molecule has 0 aromatic heterocycles. The topological polar surface area (TPSA) is 61.4 Å². The Balaban J connectivity index is 1.72. The summed E-state index contributed by atoms with van der Waals surface area (Å²) in [4.78, 5) is 0. The van der Waals surface area contributed by atoms with Crippen LogP contribution >= 0.6 is 0 Å². The minimum Gasteiger partial charge on any atom is -0.316 e. The van der Waals surface area contributed by atoms with Crippen LogP contribution in [0.15, 0.2) is 0 Å². The second kappa shape index (κ2) is 7.40. The molecule has 0 unspecified atom stereocenters. The fraction of sp³-hybridized carbons (Fsp3) is 1.00. The highest BCUT2D eigenvalue weighted by Gasteiger charge is 2.41. The van der Waals surface area contributed by atoms with E-state index in [1.54, 1.807) is 4.31 Å². The average Bonchev–Trinajstić information content (AvgIpc) is 3.27. The summed E-state index contributed by atoms with van der Waals surface area (Å²) in [6.07, 6.45) is 6.48. The molecule has 0 atom stereocenters. The van der Waals surface area contributed by atoms with Gasteiger partial charge < -0.3 is 5.32 Å². The standard InChI is InChI=1S/C15H31N3O2S/c1-3-9-16-12-14-5-10-18(11-6-14)21(19,20)17-13-15(4-2)7-8-15/h14,16-17H,3-13H2,1-2H3. The first-order valence-electron chi connectivity index (χ1n) is 8.47. The molecule has 2 rings (SSSR count). The average molecular weight is 317 g/mol. The zero-order valence-electron chi connectivity index (χ0n) is 13.5. The smallest absolute Gasteiger partial charge is 0.279 e. The van der Waals surface area contributed by atoms with E-state index in [2.05, 4.69) is 23.9 Å². The van der Waals surface area contributed by atoms with E-state index in [1.165, 1.54) is 0 Å². The van der Waals surface area contributed by atoms with Crippen LogP contribution in [0.25, 0.3) is 0 Å². The molecular formula is C15H31N3O2S. The van der Waals surface area contributed by atoms with Gasteiger partial charge in [-0.15, -0.1) is 0 Å². The van der Waals surface area contributed by atoms with Gasteiger partial charge in [-0.25, -0.2) is 4.72 Å². The fourth-order valence-corrected chi connectivity index (χ4v) is 4.37. The molecule has 5 nitrogen and oxygen atoms in total. The number of hydrogen-bond donors (Lipinski definition) is 2. The maximum absolute atomic E-state index is 12.3. The van der Waals surface area contributed by atoms with Gasteiger partial charge in [-0.1, -0.05) is 13.8 Å². The van der Waals surface area contributed by atoms with Crippen molar-refractivity contribution in [2.75, 3.05) is 32.7 Å². The van der Waals surface area contributed by atoms with Gasteiger partial charge >= 0.3 is 0 Å². The molecule has 0 aromatic rings. The number of rotatable bonds is 9. The van der Waals surface area contributed by atoms with Gasteiger partial charge in [0.2, 0.25) is 0 Å². The number of nitrogens with one attached hydrogen (secondary N) is 2. The number of nitrogens with zero attached hydrogens (tertiary/aromatic N) is 1. The van der Waals surface area contributed by atoms with E-state index in [0.29, 0.717) is 25.6 Å². The molecule has 1 heterocycles. The van der Waals surface area contributed by atoms with Gasteiger partial charge in [0.15, 0.2) is 0 Å². The summed E-state index contributed by atoms with van der Waals surface area (Å²) in [7, 11) is -3.27. The van der Waals surface area contributed by atoms with Crippen LogP contribution in [0.1, 0.15) is 52.4 Å². The summed E-state index contributed by atoms with van der Waals surface area (Å²) in [5.41, 5.74) is 0.259. The molecule has 6 heteroatoms. The van der Waals surface area contributed by atoms with Gasteiger partial charge in [-0.3, -0.25) is 0 Å². The van der Waals surface area contributed by atoms with E-state index in [4.69, 9.17) is 0 Å². The lowest BCUT2D eigenvalue weighted by molar-refractivity contribution is 0.264. The van der Waals surface area contributed by atoms with Crippen molar-refractivity contribution in [1.82, 2.24) is 14.3 Å². The third-order valence-electron chi connectivity index (χ3n) is 5.11. The normalized spacial score (nSPS) is 23.3. The van der Waals surface area contributed by atoms with Crippen molar-refractivity contribution in [3.8, 4) is 0 Å². The van der Waals surface area contributed by atoms with Crippen LogP contribution in [-0.2, 0) is 10.2 Å². The van der Waals surface area contributed by atoms with Crippen LogP contribution in [-0.4, -0.2) is 45.4 Å². The third kappa shape index (κ3) is 4.91. The molecule has 0 aromatic carbocycles. The summed E-state index contributed by atoms with van der Waals surface area (Å²) in [6, 6.07) is 0. The zero-order chi connectivity index (χ0) is 15.3. The van der Waals surface area contributed by atoms with Gasteiger partial charge in [-0.05, 0) is 62.9 Å². The Morgan fingerprint density at radius 1 is 1.19 bits per heavy atom. The van der Waals surface area contributed by atoms with Gasteiger partial charge in [-0.2, -0.15) is 12.7 Å². The third-order valence-corrected chi connectivity index (χ3v) is 6.66. The second-order valence-electron chi connectivity index (χ2n) is 6.73. The maximum Gasteiger partial charge on any atom is 0.279 e. The van der Waals surface area contributed by atoms with Crippen LogP contribution < -0.4 is 10.0 Å². The molecule has 21 heavy (non-hydrogen) atoms. The Labute approximate surface area is 130 Å². The molecule has 1 aliphatic heterocycles. The van der Waals surface area contributed by atoms with Crippen molar-refractivity contribution in [2.24, 2.45) is 11.3 Å². The van der Waals surface area contributed by atoms with Crippen molar-refractivity contribution in [3.05, 3.63) is 0 Å². The first-order chi connectivity index (χ1) is 10.0. The highest BCUT2D eigenvalue weighted by Crippen LogP contribution is 2.48. The Kier molecular flexibility index (Phi) is 6.05. The summed E-state index contributed by atoms with van der Waals surface area (Å²) in [6.45, 7) is 8.32. The number of piperidine rings is 1. The lowest BCUT2D eigenvalue weighted by Crippen LogP contribution is -2.47. The van der Waals surface area contributed by atoms with E-state index in [1.807, 2.05) is 0 Å². The van der Waals surface area contributed by atoms with Gasteiger partial charge in [0, 0.05) is 19.6 Å². The van der Waals surface area contributed by atoms with E-state index in [9.17, 15) is 8.42 Å². The van der Waals surface area contributed by atoms with E-state index in [0.717, 1.165) is 51.6 Å². The van der Waals surface area contributed by atoms with Crippen molar-refractivity contribution in [2.45, 2.75) is 52.4 Å². The summed E-state index contributed by atoms with van der Waals surface area (Å²) in [5.74, 6) is 0.619. The Morgan fingerprint density at radius 3 is 2.38 bits per heavy atom. The lowest BCUT2D eigenvalue weighted by Gasteiger charge is -2.31. The van der Waals surface area contributed by atoms with Crippen LogP contribution in [0, 0.1) is 11.3 Å². The zero-order valence-corrected chi connectivity index (χ0v) is 14.3. The predicted octanol–water partition coefficient (Wildman–Crippen LogP) is 1.72. The highest BCUT2D eigenvalue weighted by atomic mass is 32.2. The molecule has 1 aliphatic carbocycles. The molecular weight excluding hydrogens is 286 g/mol. The van der Waals surface area contributed by atoms with E-state index in [-0.39, 0.29) is 5.41 Å². The molecule has 2 fully saturated rings. The van der Waals surface area contributed by atoms with Gasteiger partial charge in [0.05, 0.1) is 0 Å². The minimum atomic E-state index is -3.27. The molecule has 2 N–H and O–H groups in total. The van der Waals surface area contributed by atoms with Crippen LogP contribution in [0.4, 0.5) is 0 Å². The van der Waals surface area contributed by atoms with Gasteiger partial charge in [0.1, 0.15) is 0 Å². The molecule has 0 bridgehead atoms. The van der Waals surface area contributed by atoms with Crippen molar-refractivity contribution < 1.29 is 8.42 Å². The van der Waals surface area contributed by atoms with E-state index >= 15 is 0 Å². The molecule has 0 radical (unpaired) electrons. The van der Waals surface area contributed by atoms with Gasteiger partial charge in [0.25, 0.3) is 10.2 Å². The summed E-state index contributed by atoms with van der Waals surface area (Å²) in [5, 5.41) is 3.44. The summed E-state index contributed by atoms with van der Waals surface area (Å²) < 4.78 is 29.2. The summed E-state index contributed by atoms with van der Waals surface area (Å²) >= 11 is 0. The Morgan fingerprint density at radius 2 is 1.86 bits per heavy atom. The molecule has 0 amide bonds.